The lowest BCUT2D eigenvalue weighted by Crippen LogP contribution is -2.25. The van der Waals surface area contributed by atoms with E-state index < -0.39 is 0 Å². The first kappa shape index (κ1) is 10.5. The van der Waals surface area contributed by atoms with E-state index in [0.29, 0.717) is 11.3 Å². The van der Waals surface area contributed by atoms with Gasteiger partial charge in [-0.05, 0) is 30.6 Å². The van der Waals surface area contributed by atoms with E-state index >= 15 is 0 Å². The van der Waals surface area contributed by atoms with Crippen molar-refractivity contribution in [3.8, 4) is 0 Å². The monoisotopic (exact) mass is 234 g/mol. The summed E-state index contributed by atoms with van der Waals surface area (Å²) in [5, 5.41) is 0. The third kappa shape index (κ3) is 2.23. The second kappa shape index (κ2) is 4.10. The Balaban J connectivity index is 2.48. The molecule has 0 aromatic rings. The molecule has 1 aliphatic carbocycles. The van der Waals surface area contributed by atoms with Gasteiger partial charge in [-0.1, -0.05) is 29.8 Å². The number of methoxy groups -OCH3 is 1. The Morgan fingerprint density at radius 3 is 2.75 bits per heavy atom. The van der Waals surface area contributed by atoms with E-state index in [0.717, 1.165) is 11.4 Å². The van der Waals surface area contributed by atoms with Crippen LogP contribution in [0.2, 0.25) is 0 Å². The molecule has 1 aliphatic rings. The molecular weight excluding hydrogens is 216 g/mol. The third-order valence-electron chi connectivity index (χ3n) is 3.32. The Labute approximate surface area is 84.0 Å². The molecule has 72 valence electrons. The smallest absolute Gasteiger partial charge is 0.0493 e. The van der Waals surface area contributed by atoms with Crippen LogP contribution in [-0.4, -0.2) is 18.5 Å². The molecule has 0 amide bonds. The molecule has 1 fully saturated rings. The summed E-state index contributed by atoms with van der Waals surface area (Å²) in [6.07, 6.45) is 3.97. The van der Waals surface area contributed by atoms with Crippen molar-refractivity contribution in [2.24, 2.45) is 11.3 Å². The van der Waals surface area contributed by atoms with Crippen LogP contribution in [0.4, 0.5) is 0 Å². The second-order valence-electron chi connectivity index (χ2n) is 4.35. The number of rotatable bonds is 3. The van der Waals surface area contributed by atoms with Crippen LogP contribution in [-0.2, 0) is 4.74 Å². The van der Waals surface area contributed by atoms with Gasteiger partial charge >= 0.3 is 0 Å². The topological polar surface area (TPSA) is 9.23 Å². The first-order chi connectivity index (χ1) is 5.58. The van der Waals surface area contributed by atoms with Crippen molar-refractivity contribution in [1.82, 2.24) is 0 Å². The maximum absolute atomic E-state index is 5.20. The van der Waals surface area contributed by atoms with Gasteiger partial charge in [0.25, 0.3) is 0 Å². The van der Waals surface area contributed by atoms with Gasteiger partial charge in [0.15, 0.2) is 0 Å². The minimum atomic E-state index is 0.504. The zero-order chi connectivity index (χ0) is 9.19. The number of hydrogen-bond donors (Lipinski definition) is 0. The highest BCUT2D eigenvalue weighted by atomic mass is 79.9. The average molecular weight is 235 g/mol. The molecule has 1 rings (SSSR count). The molecule has 0 aromatic carbocycles. The van der Waals surface area contributed by atoms with E-state index in [1.807, 2.05) is 0 Å². The maximum Gasteiger partial charge on any atom is 0.0493 e. The lowest BCUT2D eigenvalue weighted by atomic mass is 9.77. The van der Waals surface area contributed by atoms with Gasteiger partial charge in [0, 0.05) is 18.5 Å². The molecule has 0 saturated heterocycles. The van der Waals surface area contributed by atoms with Crippen molar-refractivity contribution >= 4 is 15.9 Å². The van der Waals surface area contributed by atoms with Gasteiger partial charge in [-0.2, -0.15) is 0 Å². The highest BCUT2D eigenvalue weighted by Gasteiger charge is 2.38. The molecular formula is C10H19BrO. The van der Waals surface area contributed by atoms with E-state index in [-0.39, 0.29) is 0 Å². The zero-order valence-electron chi connectivity index (χ0n) is 8.27. The minimum Gasteiger partial charge on any atom is -0.384 e. The summed E-state index contributed by atoms with van der Waals surface area (Å²) in [4.78, 5) is 0.738. The molecule has 0 heterocycles. The fourth-order valence-corrected chi connectivity index (χ4v) is 3.06. The molecule has 0 aromatic heterocycles. The van der Waals surface area contributed by atoms with Crippen molar-refractivity contribution in [1.29, 1.82) is 0 Å². The summed E-state index contributed by atoms with van der Waals surface area (Å²) >= 11 is 3.69. The van der Waals surface area contributed by atoms with Crippen molar-refractivity contribution in [2.45, 2.75) is 37.9 Å². The van der Waals surface area contributed by atoms with Crippen LogP contribution in [0.1, 0.15) is 33.1 Å². The van der Waals surface area contributed by atoms with Crippen molar-refractivity contribution in [3.63, 3.8) is 0 Å². The maximum atomic E-state index is 5.20. The SMILES string of the molecule is COCC(C)C1(C)CCC(Br)C1. The van der Waals surface area contributed by atoms with Gasteiger partial charge in [0.2, 0.25) is 0 Å². The van der Waals surface area contributed by atoms with Gasteiger partial charge < -0.3 is 4.74 Å². The Morgan fingerprint density at radius 2 is 2.33 bits per heavy atom. The normalized spacial score (nSPS) is 38.5. The first-order valence-electron chi connectivity index (χ1n) is 4.71. The number of hydrogen-bond acceptors (Lipinski definition) is 1. The Morgan fingerprint density at radius 1 is 1.67 bits per heavy atom. The molecule has 1 nitrogen and oxygen atoms in total. The predicted molar refractivity (Wildman–Crippen MR) is 55.7 cm³/mol. The summed E-state index contributed by atoms with van der Waals surface area (Å²) in [7, 11) is 1.79. The Hall–Kier alpha value is 0.440. The summed E-state index contributed by atoms with van der Waals surface area (Å²) in [6, 6.07) is 0. The van der Waals surface area contributed by atoms with Crippen molar-refractivity contribution in [2.75, 3.05) is 13.7 Å². The average Bonchev–Trinajstić information content (AvgIpc) is 2.33. The van der Waals surface area contributed by atoms with E-state index in [1.54, 1.807) is 7.11 Å². The lowest BCUT2D eigenvalue weighted by molar-refractivity contribution is 0.0850. The van der Waals surface area contributed by atoms with Crippen molar-refractivity contribution < 1.29 is 4.74 Å². The fourth-order valence-electron chi connectivity index (χ4n) is 2.10. The predicted octanol–water partition coefficient (Wildman–Crippen LogP) is 3.22. The van der Waals surface area contributed by atoms with Crippen LogP contribution < -0.4 is 0 Å². The standard InChI is InChI=1S/C10H19BrO/c1-8(7-12-3)10(2)5-4-9(11)6-10/h8-9H,4-7H2,1-3H3. The minimum absolute atomic E-state index is 0.504. The van der Waals surface area contributed by atoms with Gasteiger partial charge in [0.1, 0.15) is 0 Å². The van der Waals surface area contributed by atoms with Crippen LogP contribution in [0.5, 0.6) is 0 Å². The summed E-state index contributed by atoms with van der Waals surface area (Å²) in [6.45, 7) is 5.59. The summed E-state index contributed by atoms with van der Waals surface area (Å²) in [5.74, 6) is 0.685. The number of ether oxygens (including phenoxy) is 1. The first-order valence-corrected chi connectivity index (χ1v) is 5.63. The van der Waals surface area contributed by atoms with E-state index in [9.17, 15) is 0 Å². The Kier molecular flexibility index (Phi) is 3.59. The van der Waals surface area contributed by atoms with Crippen LogP contribution in [0.15, 0.2) is 0 Å². The number of halogens is 1. The number of alkyl halides is 1. The van der Waals surface area contributed by atoms with Gasteiger partial charge in [-0.3, -0.25) is 0 Å². The molecule has 3 atom stereocenters. The second-order valence-corrected chi connectivity index (χ2v) is 5.65. The summed E-state index contributed by atoms with van der Waals surface area (Å²) < 4.78 is 5.20. The molecule has 0 bridgehead atoms. The van der Waals surface area contributed by atoms with E-state index in [2.05, 4.69) is 29.8 Å². The quantitative estimate of drug-likeness (QED) is 0.682. The lowest BCUT2D eigenvalue weighted by Gasteiger charge is -2.30. The zero-order valence-corrected chi connectivity index (χ0v) is 9.86. The van der Waals surface area contributed by atoms with Crippen molar-refractivity contribution in [3.05, 3.63) is 0 Å². The Bertz CT molecular complexity index is 149. The summed E-state index contributed by atoms with van der Waals surface area (Å²) in [5.41, 5.74) is 0.504. The largest absolute Gasteiger partial charge is 0.384 e. The van der Waals surface area contributed by atoms with Gasteiger partial charge in [0.05, 0.1) is 0 Å². The van der Waals surface area contributed by atoms with Crippen LogP contribution in [0, 0.1) is 11.3 Å². The molecule has 1 saturated carbocycles. The van der Waals surface area contributed by atoms with E-state index in [4.69, 9.17) is 4.74 Å². The van der Waals surface area contributed by atoms with Crippen LogP contribution in [0.25, 0.3) is 0 Å². The highest BCUT2D eigenvalue weighted by Crippen LogP contribution is 2.46. The van der Waals surface area contributed by atoms with Gasteiger partial charge in [-0.25, -0.2) is 0 Å². The molecule has 2 heteroatoms. The van der Waals surface area contributed by atoms with E-state index in [1.165, 1.54) is 19.3 Å². The fraction of sp³-hybridized carbons (Fsp3) is 1.00. The molecule has 12 heavy (non-hydrogen) atoms. The third-order valence-corrected chi connectivity index (χ3v) is 4.10. The van der Waals surface area contributed by atoms with Crippen LogP contribution in [0.3, 0.4) is 0 Å². The van der Waals surface area contributed by atoms with Crippen LogP contribution >= 0.6 is 15.9 Å². The highest BCUT2D eigenvalue weighted by molar-refractivity contribution is 9.09. The molecule has 0 N–H and O–H groups in total. The molecule has 0 radical (unpaired) electrons. The molecule has 0 aliphatic heterocycles. The molecule has 3 unspecified atom stereocenters. The van der Waals surface area contributed by atoms with Gasteiger partial charge in [-0.15, -0.1) is 0 Å². The molecule has 0 spiro atoms.